The number of nitrogens with zero attached hydrogens (tertiary/aromatic N) is 6. The van der Waals surface area contributed by atoms with Gasteiger partial charge in [-0.3, -0.25) is 38.4 Å². The van der Waals surface area contributed by atoms with Crippen LogP contribution in [0.4, 0.5) is 0 Å². The normalized spacial score (nSPS) is 26.7. The Bertz CT molecular complexity index is 2340. The van der Waals surface area contributed by atoms with Gasteiger partial charge >= 0.3 is 5.97 Å². The second-order valence-corrected chi connectivity index (χ2v) is 22.4. The number of ether oxygens (including phenoxy) is 2. The molecule has 1 saturated heterocycles. The first-order chi connectivity index (χ1) is 37.2. The van der Waals surface area contributed by atoms with E-state index in [9.17, 15) is 33.6 Å². The summed E-state index contributed by atoms with van der Waals surface area (Å²) in [6.07, 6.45) is 13.6. The summed E-state index contributed by atoms with van der Waals surface area (Å²) >= 11 is 0. The van der Waals surface area contributed by atoms with Crippen molar-refractivity contribution in [1.82, 2.24) is 40.0 Å². The van der Waals surface area contributed by atoms with Gasteiger partial charge < -0.3 is 49.5 Å². The molecule has 0 unspecified atom stereocenters. The van der Waals surface area contributed by atoms with Crippen molar-refractivity contribution in [2.75, 3.05) is 55.9 Å². The number of allylic oxidation sites excluding steroid dienone is 4. The fourth-order valence-electron chi connectivity index (χ4n) is 10.2. The number of likely N-dealkylation sites (N-methyl/N-ethyl adjacent to an activating group) is 5. The predicted molar refractivity (Wildman–Crippen MR) is 305 cm³/mol. The molecule has 19 heteroatoms. The van der Waals surface area contributed by atoms with Gasteiger partial charge in [-0.1, -0.05) is 102 Å². The molecule has 2 aliphatic heterocycles. The zero-order valence-electron chi connectivity index (χ0n) is 50.2. The molecule has 0 aromatic heterocycles. The predicted octanol–water partition coefficient (Wildman–Crippen LogP) is 5.32. The smallest absolute Gasteiger partial charge is 0.328 e. The van der Waals surface area contributed by atoms with Gasteiger partial charge in [-0.25, -0.2) is 4.79 Å². The number of nitrogens with one attached hydrogen (secondary N) is 2. The van der Waals surface area contributed by atoms with Crippen LogP contribution in [0.25, 0.3) is 0 Å². The van der Waals surface area contributed by atoms with Gasteiger partial charge in [0, 0.05) is 67.9 Å². The Kier molecular flexibility index (Phi) is 27.1. The van der Waals surface area contributed by atoms with Gasteiger partial charge in [0.1, 0.15) is 42.3 Å². The number of carbonyl (C=O) groups is 9. The SMILES string of the molecule is CNC(=O)C[C@H]1C(=O)N(C)[C@@H](C)C(=O)O[C@@H](C)CCCC=CCC[C@H](OC)CC=CC=C(C)C(=O)N[C@H](C(C)C)C(=O)N(C)[C@@H](Cc2ccccc2)C(=O)N(C)[C@@H](C(C)C)C(=O)N(C)[C@@H](C(C)C)C(=O)N2CCC[C@H]2C(=O)N1C. The minimum atomic E-state index is -1.35. The third-order valence-electron chi connectivity index (χ3n) is 15.4. The summed E-state index contributed by atoms with van der Waals surface area (Å²) < 4.78 is 11.5. The summed E-state index contributed by atoms with van der Waals surface area (Å²) in [5.41, 5.74) is 1.13. The minimum absolute atomic E-state index is 0.0751. The summed E-state index contributed by atoms with van der Waals surface area (Å²) in [6.45, 7) is 15.9. The van der Waals surface area contributed by atoms with Crippen LogP contribution in [-0.2, 0) is 59.0 Å². The number of cyclic esters (lactones) is 1. The number of hydrogen-bond acceptors (Lipinski definition) is 11. The van der Waals surface area contributed by atoms with Crippen LogP contribution in [0.15, 0.2) is 66.3 Å². The Morgan fingerprint density at radius 3 is 1.86 bits per heavy atom. The maximum atomic E-state index is 15.1. The topological polar surface area (TPSA) is 216 Å². The van der Waals surface area contributed by atoms with Gasteiger partial charge in [-0.2, -0.15) is 0 Å². The monoisotopic (exact) mass is 1100 g/mol. The van der Waals surface area contributed by atoms with Crippen LogP contribution in [-0.4, -0.2) is 193 Å². The number of rotatable bonds is 8. The fourth-order valence-corrected chi connectivity index (χ4v) is 10.2. The van der Waals surface area contributed by atoms with E-state index in [0.29, 0.717) is 24.8 Å². The first kappa shape index (κ1) is 66.9. The number of carbonyl (C=O) groups excluding carboxylic acids is 9. The van der Waals surface area contributed by atoms with E-state index in [1.54, 1.807) is 60.8 Å². The molecule has 440 valence electrons. The molecule has 0 radical (unpaired) electrons. The lowest BCUT2D eigenvalue weighted by Gasteiger charge is -2.41. The molecule has 1 aromatic rings. The molecule has 1 aromatic carbocycles. The molecule has 0 aliphatic carbocycles. The molecule has 19 nitrogen and oxygen atoms in total. The van der Waals surface area contributed by atoms with Gasteiger partial charge in [0.25, 0.3) is 0 Å². The molecule has 3 rings (SSSR count). The fraction of sp³-hybridized carbons (Fsp3) is 0.650. The van der Waals surface area contributed by atoms with E-state index in [-0.39, 0.29) is 31.4 Å². The molecule has 2 aliphatic rings. The lowest BCUT2D eigenvalue weighted by molar-refractivity contribution is -0.160. The van der Waals surface area contributed by atoms with Crippen LogP contribution >= 0.6 is 0 Å². The van der Waals surface area contributed by atoms with E-state index < -0.39 is 120 Å². The highest BCUT2D eigenvalue weighted by atomic mass is 16.5. The van der Waals surface area contributed by atoms with Crippen molar-refractivity contribution >= 4 is 53.2 Å². The van der Waals surface area contributed by atoms with Crippen molar-refractivity contribution in [2.45, 2.75) is 181 Å². The third-order valence-corrected chi connectivity index (χ3v) is 15.4. The molecule has 9 atom stereocenters. The zero-order valence-corrected chi connectivity index (χ0v) is 50.2. The highest BCUT2D eigenvalue weighted by Crippen LogP contribution is 2.27. The highest BCUT2D eigenvalue weighted by molar-refractivity contribution is 6.00. The summed E-state index contributed by atoms with van der Waals surface area (Å²) in [6, 6.07) is 1.35. The molecule has 1 fully saturated rings. The van der Waals surface area contributed by atoms with Crippen LogP contribution in [0.1, 0.15) is 126 Å². The first-order valence-electron chi connectivity index (χ1n) is 28.1. The number of esters is 1. The van der Waals surface area contributed by atoms with Crippen LogP contribution in [0.3, 0.4) is 0 Å². The summed E-state index contributed by atoms with van der Waals surface area (Å²) in [4.78, 5) is 137. The minimum Gasteiger partial charge on any atom is -0.461 e. The zero-order chi connectivity index (χ0) is 59.4. The highest BCUT2D eigenvalue weighted by Gasteiger charge is 2.46. The number of hydrogen-bond donors (Lipinski definition) is 2. The maximum absolute atomic E-state index is 15.1. The van der Waals surface area contributed by atoms with Gasteiger partial charge in [0.05, 0.1) is 18.6 Å². The lowest BCUT2D eigenvalue weighted by atomic mass is 9.95. The van der Waals surface area contributed by atoms with Crippen LogP contribution in [0.2, 0.25) is 0 Å². The average Bonchev–Trinajstić information content (AvgIpc) is 3.99. The summed E-state index contributed by atoms with van der Waals surface area (Å²) in [5, 5.41) is 5.44. The van der Waals surface area contributed by atoms with Gasteiger partial charge in [-0.15, -0.1) is 0 Å². The van der Waals surface area contributed by atoms with Crippen molar-refractivity contribution < 1.29 is 52.6 Å². The lowest BCUT2D eigenvalue weighted by Crippen LogP contribution is -2.62. The van der Waals surface area contributed by atoms with E-state index in [2.05, 4.69) is 22.8 Å². The number of benzene rings is 1. The third kappa shape index (κ3) is 18.6. The Morgan fingerprint density at radius 2 is 1.27 bits per heavy atom. The van der Waals surface area contributed by atoms with Gasteiger partial charge in [-0.05, 0) is 95.5 Å². The quantitative estimate of drug-likeness (QED) is 0.251. The van der Waals surface area contributed by atoms with E-state index in [1.165, 1.54) is 78.6 Å². The molecule has 0 spiro atoms. The Labute approximate surface area is 470 Å². The molecule has 8 amide bonds. The van der Waals surface area contributed by atoms with Gasteiger partial charge in [0.15, 0.2) is 0 Å². The largest absolute Gasteiger partial charge is 0.461 e. The van der Waals surface area contributed by atoms with E-state index in [0.717, 1.165) is 31.2 Å². The summed E-state index contributed by atoms with van der Waals surface area (Å²) in [7, 11) is 10.4. The number of methoxy groups -OCH3 is 1. The Morgan fingerprint density at radius 1 is 0.684 bits per heavy atom. The summed E-state index contributed by atoms with van der Waals surface area (Å²) in [5.74, 6) is -6.31. The molecule has 79 heavy (non-hydrogen) atoms. The van der Waals surface area contributed by atoms with Gasteiger partial charge in [0.2, 0.25) is 47.3 Å². The van der Waals surface area contributed by atoms with Crippen molar-refractivity contribution in [3.63, 3.8) is 0 Å². The molecule has 2 heterocycles. The molecule has 2 N–H and O–H groups in total. The molecule has 0 bridgehead atoms. The molecular weight excluding hydrogens is 1010 g/mol. The average molecular weight is 1100 g/mol. The standard InChI is InChI=1S/C60H94N8O11/c1-38(2)50-57(74)65(13)47(36-44-30-22-20-23-31-44)56(73)66(14)51(39(3)4)58(75)67(15)52(40(5)6)59(76)68-35-27-34-46(68)54(71)64(12)48(37-49(69)61-10)55(72)63(11)43(9)60(77)79-42(8)29-21-18-17-19-24-32-45(78-16)33-26-25-28-41(7)53(70)62-50/h17,19-20,22-23,25-26,28,30-31,38-40,42-43,45-48,50-52H,18,21,24,27,29,32-37H2,1-16H3,(H,61,69)(H,62,70)/t42-,43-,45-,46-,47-,48-,50+,51-,52-/m0/s1. The van der Waals surface area contributed by atoms with Crippen LogP contribution < -0.4 is 10.6 Å². The van der Waals surface area contributed by atoms with E-state index in [4.69, 9.17) is 9.47 Å². The van der Waals surface area contributed by atoms with Crippen molar-refractivity contribution in [3.05, 3.63) is 71.8 Å². The van der Waals surface area contributed by atoms with Crippen LogP contribution in [0.5, 0.6) is 0 Å². The van der Waals surface area contributed by atoms with Crippen molar-refractivity contribution in [3.8, 4) is 0 Å². The first-order valence-corrected chi connectivity index (χ1v) is 28.1. The maximum Gasteiger partial charge on any atom is 0.328 e. The van der Waals surface area contributed by atoms with E-state index >= 15 is 9.59 Å². The second kappa shape index (κ2) is 32.0. The number of amides is 8. The second-order valence-electron chi connectivity index (χ2n) is 22.4. The Balaban J connectivity index is 2.12. The number of fused-ring (bicyclic) bond motifs is 1. The molecular formula is C60H94N8O11. The van der Waals surface area contributed by atoms with E-state index in [1.807, 2.05) is 50.3 Å². The Hall–Kier alpha value is -6.37. The van der Waals surface area contributed by atoms with Crippen LogP contribution in [0, 0.1) is 17.8 Å². The van der Waals surface area contributed by atoms with Crippen molar-refractivity contribution in [2.24, 2.45) is 17.8 Å². The molecule has 0 saturated carbocycles. The van der Waals surface area contributed by atoms with Crippen molar-refractivity contribution in [1.29, 1.82) is 0 Å².